The number of sulfonamides is 1. The Morgan fingerprint density at radius 3 is 2.60 bits per heavy atom. The Labute approximate surface area is 116 Å². The highest BCUT2D eigenvalue weighted by molar-refractivity contribution is 7.89. The van der Waals surface area contributed by atoms with Gasteiger partial charge in [-0.05, 0) is 25.0 Å². The number of rotatable bonds is 6. The lowest BCUT2D eigenvalue weighted by Gasteiger charge is -2.14. The summed E-state index contributed by atoms with van der Waals surface area (Å²) < 4.78 is 44.9. The quantitative estimate of drug-likeness (QED) is 0.663. The molecule has 0 bridgehead atoms. The van der Waals surface area contributed by atoms with Crippen molar-refractivity contribution >= 4 is 15.7 Å². The van der Waals surface area contributed by atoms with Gasteiger partial charge in [-0.15, -0.1) is 0 Å². The normalized spacial score (nSPS) is 16.9. The van der Waals surface area contributed by atoms with Gasteiger partial charge < -0.3 is 15.6 Å². The van der Waals surface area contributed by atoms with Crippen LogP contribution in [-0.2, 0) is 10.0 Å². The average molecular weight is 304 g/mol. The number of halogens is 1. The van der Waals surface area contributed by atoms with Gasteiger partial charge in [0.2, 0.25) is 10.0 Å². The number of methoxy groups -OCH3 is 1. The molecule has 0 unspecified atom stereocenters. The molecule has 1 aliphatic rings. The minimum Gasteiger partial charge on any atom is -0.492 e. The van der Waals surface area contributed by atoms with Crippen LogP contribution in [0, 0.1) is 11.2 Å². The maximum Gasteiger partial charge on any atom is 0.240 e. The van der Waals surface area contributed by atoms with Crippen molar-refractivity contribution in [2.24, 2.45) is 5.41 Å². The maximum absolute atomic E-state index is 13.7. The number of nitrogens with two attached hydrogens (primary N) is 1. The van der Waals surface area contributed by atoms with Crippen LogP contribution >= 0.6 is 0 Å². The minimum absolute atomic E-state index is 0.0748. The molecule has 20 heavy (non-hydrogen) atoms. The second kappa shape index (κ2) is 5.19. The molecule has 0 aliphatic heterocycles. The highest BCUT2D eigenvalue weighted by Crippen LogP contribution is 2.44. The van der Waals surface area contributed by atoms with Crippen LogP contribution in [0.25, 0.3) is 0 Å². The summed E-state index contributed by atoms with van der Waals surface area (Å²) >= 11 is 0. The summed E-state index contributed by atoms with van der Waals surface area (Å²) in [7, 11) is -2.62. The van der Waals surface area contributed by atoms with Gasteiger partial charge in [0.25, 0.3) is 0 Å². The highest BCUT2D eigenvalue weighted by atomic mass is 32.2. The standard InChI is InChI=1S/C12H17FN2O4S/c1-19-11-9(13)4-8(5-10(11)14)20(17,18)15-6-12(7-16)2-3-12/h4-5,15-16H,2-3,6-7,14H2,1H3. The van der Waals surface area contributed by atoms with Crippen LogP contribution < -0.4 is 15.2 Å². The fourth-order valence-corrected chi connectivity index (χ4v) is 3.06. The van der Waals surface area contributed by atoms with E-state index in [0.29, 0.717) is 0 Å². The number of nitrogen functional groups attached to an aromatic ring is 1. The van der Waals surface area contributed by atoms with Crippen molar-refractivity contribution in [3.05, 3.63) is 17.9 Å². The Morgan fingerprint density at radius 2 is 2.15 bits per heavy atom. The molecular formula is C12H17FN2O4S. The summed E-state index contributed by atoms with van der Waals surface area (Å²) in [6.07, 6.45) is 1.54. The molecule has 112 valence electrons. The number of aliphatic hydroxyl groups is 1. The second-order valence-electron chi connectivity index (χ2n) is 5.01. The predicted octanol–water partition coefficient (Wildman–Crippen LogP) is 0.467. The van der Waals surface area contributed by atoms with Crippen molar-refractivity contribution in [3.63, 3.8) is 0 Å². The highest BCUT2D eigenvalue weighted by Gasteiger charge is 2.42. The summed E-state index contributed by atoms with van der Waals surface area (Å²) in [6.45, 7) is 0.0496. The van der Waals surface area contributed by atoms with Crippen LogP contribution in [-0.4, -0.2) is 33.8 Å². The zero-order valence-electron chi connectivity index (χ0n) is 11.0. The third-order valence-electron chi connectivity index (χ3n) is 3.49. The number of anilines is 1. The molecule has 8 heteroatoms. The van der Waals surface area contributed by atoms with Gasteiger partial charge in [0, 0.05) is 18.6 Å². The van der Waals surface area contributed by atoms with Gasteiger partial charge in [0.1, 0.15) is 0 Å². The van der Waals surface area contributed by atoms with Crippen molar-refractivity contribution in [2.75, 3.05) is 26.0 Å². The first kappa shape index (κ1) is 15.0. The lowest BCUT2D eigenvalue weighted by molar-refractivity contribution is 0.213. The molecular weight excluding hydrogens is 287 g/mol. The first-order valence-electron chi connectivity index (χ1n) is 6.07. The van der Waals surface area contributed by atoms with Crippen LogP contribution in [0.5, 0.6) is 5.75 Å². The molecule has 0 aromatic heterocycles. The first-order chi connectivity index (χ1) is 9.33. The van der Waals surface area contributed by atoms with Crippen LogP contribution in [0.4, 0.5) is 10.1 Å². The van der Waals surface area contributed by atoms with Crippen molar-refractivity contribution in [1.82, 2.24) is 4.72 Å². The van der Waals surface area contributed by atoms with Crippen molar-refractivity contribution in [3.8, 4) is 5.75 Å². The molecule has 0 heterocycles. The van der Waals surface area contributed by atoms with E-state index >= 15 is 0 Å². The molecule has 0 atom stereocenters. The fourth-order valence-electron chi connectivity index (χ4n) is 1.86. The van der Waals surface area contributed by atoms with Gasteiger partial charge in [-0.1, -0.05) is 0 Å². The Balaban J connectivity index is 2.21. The van der Waals surface area contributed by atoms with Gasteiger partial charge >= 0.3 is 0 Å². The molecule has 1 aliphatic carbocycles. The van der Waals surface area contributed by atoms with E-state index < -0.39 is 15.8 Å². The number of hydrogen-bond acceptors (Lipinski definition) is 5. The maximum atomic E-state index is 13.7. The van der Waals surface area contributed by atoms with Gasteiger partial charge in [-0.3, -0.25) is 0 Å². The summed E-state index contributed by atoms with van der Waals surface area (Å²) in [5.74, 6) is -1.02. The lowest BCUT2D eigenvalue weighted by atomic mass is 10.1. The zero-order valence-corrected chi connectivity index (χ0v) is 11.8. The zero-order chi connectivity index (χ0) is 15.0. The fraction of sp³-hybridized carbons (Fsp3) is 0.500. The summed E-state index contributed by atoms with van der Waals surface area (Å²) in [5.41, 5.74) is 5.09. The van der Waals surface area contributed by atoms with E-state index in [1.54, 1.807) is 0 Å². The summed E-state index contributed by atoms with van der Waals surface area (Å²) in [4.78, 5) is -0.262. The van der Waals surface area contributed by atoms with Gasteiger partial charge in [0.05, 0.1) is 17.7 Å². The number of ether oxygens (including phenoxy) is 1. The van der Waals surface area contributed by atoms with Crippen LogP contribution in [0.1, 0.15) is 12.8 Å². The van der Waals surface area contributed by atoms with Crippen molar-refractivity contribution < 1.29 is 22.7 Å². The molecule has 0 amide bonds. The van der Waals surface area contributed by atoms with E-state index in [0.717, 1.165) is 25.0 Å². The van der Waals surface area contributed by atoms with Crippen LogP contribution in [0.15, 0.2) is 17.0 Å². The third kappa shape index (κ3) is 2.87. The van der Waals surface area contributed by atoms with E-state index in [2.05, 4.69) is 4.72 Å². The Kier molecular flexibility index (Phi) is 3.90. The average Bonchev–Trinajstić information content (AvgIpc) is 3.17. The number of hydrogen-bond donors (Lipinski definition) is 3. The molecule has 4 N–H and O–H groups in total. The first-order valence-corrected chi connectivity index (χ1v) is 7.55. The summed E-state index contributed by atoms with van der Waals surface area (Å²) in [5, 5.41) is 9.15. The van der Waals surface area contributed by atoms with Crippen LogP contribution in [0.3, 0.4) is 0 Å². The van der Waals surface area contributed by atoms with Crippen LogP contribution in [0.2, 0.25) is 0 Å². The van der Waals surface area contributed by atoms with E-state index in [1.807, 2.05) is 0 Å². The lowest BCUT2D eigenvalue weighted by Crippen LogP contribution is -2.32. The summed E-state index contributed by atoms with van der Waals surface area (Å²) in [6, 6.07) is 2.00. The molecule has 0 spiro atoms. The Bertz CT molecular complexity index is 591. The second-order valence-corrected chi connectivity index (χ2v) is 6.78. The van der Waals surface area contributed by atoms with Gasteiger partial charge in [-0.25, -0.2) is 17.5 Å². The van der Waals surface area contributed by atoms with E-state index in [9.17, 15) is 12.8 Å². The third-order valence-corrected chi connectivity index (χ3v) is 4.87. The minimum atomic E-state index is -3.87. The molecule has 1 saturated carbocycles. The monoisotopic (exact) mass is 304 g/mol. The van der Waals surface area contributed by atoms with Crippen molar-refractivity contribution in [2.45, 2.75) is 17.7 Å². The molecule has 0 radical (unpaired) electrons. The van der Waals surface area contributed by atoms with Crippen molar-refractivity contribution in [1.29, 1.82) is 0 Å². The number of aliphatic hydroxyl groups excluding tert-OH is 1. The molecule has 2 rings (SSSR count). The van der Waals surface area contributed by atoms with E-state index in [4.69, 9.17) is 15.6 Å². The topological polar surface area (TPSA) is 102 Å². The molecule has 1 aromatic carbocycles. The SMILES string of the molecule is COc1c(N)cc(S(=O)(=O)NCC2(CO)CC2)cc1F. The smallest absolute Gasteiger partial charge is 0.240 e. The Morgan fingerprint density at radius 1 is 1.50 bits per heavy atom. The largest absolute Gasteiger partial charge is 0.492 e. The molecule has 6 nitrogen and oxygen atoms in total. The van der Waals surface area contributed by atoms with Gasteiger partial charge in [0.15, 0.2) is 11.6 Å². The van der Waals surface area contributed by atoms with E-state index in [1.165, 1.54) is 7.11 Å². The number of benzene rings is 1. The Hall–Kier alpha value is -1.38. The molecule has 0 saturated heterocycles. The van der Waals surface area contributed by atoms with E-state index in [-0.39, 0.29) is 34.9 Å². The number of nitrogens with one attached hydrogen (secondary N) is 1. The predicted molar refractivity (Wildman–Crippen MR) is 71.3 cm³/mol. The molecule has 1 fully saturated rings. The molecule has 1 aromatic rings. The van der Waals surface area contributed by atoms with Gasteiger partial charge in [-0.2, -0.15) is 0 Å².